The van der Waals surface area contributed by atoms with Crippen LogP contribution in [0.15, 0.2) is 97.3 Å². The van der Waals surface area contributed by atoms with Crippen molar-refractivity contribution < 1.29 is 4.74 Å². The molecule has 5 rings (SSSR count). The van der Waals surface area contributed by atoms with Crippen LogP contribution in [0.4, 0.5) is 17.3 Å². The second-order valence-electron chi connectivity index (χ2n) is 7.70. The summed E-state index contributed by atoms with van der Waals surface area (Å²) in [5.74, 6) is 2.30. The Labute approximate surface area is 197 Å². The first-order valence-corrected chi connectivity index (χ1v) is 10.8. The highest BCUT2D eigenvalue weighted by Crippen LogP contribution is 2.32. The number of anilines is 3. The Bertz CT molecular complexity index is 1420. The minimum absolute atomic E-state index is 0.443. The number of rotatable bonds is 6. The van der Waals surface area contributed by atoms with Crippen molar-refractivity contribution in [1.29, 1.82) is 0 Å². The number of benzene rings is 2. The fourth-order valence-electron chi connectivity index (χ4n) is 3.52. The van der Waals surface area contributed by atoms with Gasteiger partial charge < -0.3 is 15.8 Å². The number of nitrogen functional groups attached to an aromatic ring is 1. The molecule has 3 heterocycles. The normalized spacial score (nSPS) is 10.6. The molecule has 0 unspecified atom stereocenters. The quantitative estimate of drug-likeness (QED) is 0.329. The van der Waals surface area contributed by atoms with Gasteiger partial charge in [0.15, 0.2) is 5.82 Å². The number of hydrogen-bond donors (Lipinski definition) is 2. The van der Waals surface area contributed by atoms with E-state index in [0.717, 1.165) is 33.6 Å². The summed E-state index contributed by atoms with van der Waals surface area (Å²) in [6.07, 6.45) is 3.36. The SMILES string of the molecule is Cc1cc(-c2ccccc2)nnc1Nc1ccc(Oc2ncccc2-c2ccnc(N)c2)cc1. The average molecular weight is 447 g/mol. The van der Waals surface area contributed by atoms with E-state index >= 15 is 0 Å². The zero-order chi connectivity index (χ0) is 23.3. The van der Waals surface area contributed by atoms with Crippen molar-refractivity contribution in [2.24, 2.45) is 0 Å². The highest BCUT2D eigenvalue weighted by molar-refractivity contribution is 5.71. The monoisotopic (exact) mass is 446 g/mol. The summed E-state index contributed by atoms with van der Waals surface area (Å²) in [4.78, 5) is 8.45. The van der Waals surface area contributed by atoms with Gasteiger partial charge in [0, 0.05) is 29.2 Å². The molecule has 0 spiro atoms. The molecule has 7 heteroatoms. The highest BCUT2D eigenvalue weighted by Gasteiger charge is 2.10. The van der Waals surface area contributed by atoms with Gasteiger partial charge in [0.05, 0.1) is 5.69 Å². The maximum absolute atomic E-state index is 6.07. The number of ether oxygens (including phenoxy) is 1. The van der Waals surface area contributed by atoms with Crippen molar-refractivity contribution in [1.82, 2.24) is 20.2 Å². The van der Waals surface area contributed by atoms with Gasteiger partial charge in [0.25, 0.3) is 0 Å². The molecule has 7 nitrogen and oxygen atoms in total. The topological polar surface area (TPSA) is 98.8 Å². The Hall–Kier alpha value is -4.78. The standard InChI is InChI=1S/C27H22N6O/c1-18-16-24(19-6-3-2-4-7-19)32-33-26(18)31-21-9-11-22(12-10-21)34-27-23(8-5-14-30-27)20-13-15-29-25(28)17-20/h2-17H,1H3,(H2,28,29)(H,31,33). The lowest BCUT2D eigenvalue weighted by Gasteiger charge is -2.12. The predicted molar refractivity (Wildman–Crippen MR) is 134 cm³/mol. The first-order chi connectivity index (χ1) is 16.7. The van der Waals surface area contributed by atoms with Crippen LogP contribution in [-0.4, -0.2) is 20.2 Å². The van der Waals surface area contributed by atoms with Gasteiger partial charge in [-0.05, 0) is 72.6 Å². The van der Waals surface area contributed by atoms with Crippen LogP contribution in [0.3, 0.4) is 0 Å². The molecule has 0 saturated heterocycles. The number of nitrogens with one attached hydrogen (secondary N) is 1. The first-order valence-electron chi connectivity index (χ1n) is 10.8. The molecule has 2 aromatic carbocycles. The molecule has 0 aliphatic carbocycles. The van der Waals surface area contributed by atoms with Crippen LogP contribution in [-0.2, 0) is 0 Å². The zero-order valence-corrected chi connectivity index (χ0v) is 18.5. The van der Waals surface area contributed by atoms with E-state index in [1.165, 1.54) is 0 Å². The van der Waals surface area contributed by atoms with Gasteiger partial charge in [-0.25, -0.2) is 9.97 Å². The van der Waals surface area contributed by atoms with E-state index in [1.54, 1.807) is 18.5 Å². The lowest BCUT2D eigenvalue weighted by molar-refractivity contribution is 0.465. The van der Waals surface area contributed by atoms with Crippen LogP contribution in [0.2, 0.25) is 0 Å². The van der Waals surface area contributed by atoms with Crippen LogP contribution in [0.25, 0.3) is 22.4 Å². The number of pyridine rings is 2. The third-order valence-electron chi connectivity index (χ3n) is 5.25. The van der Waals surface area contributed by atoms with Crippen molar-refractivity contribution in [2.45, 2.75) is 6.92 Å². The number of hydrogen-bond acceptors (Lipinski definition) is 7. The molecule has 0 saturated carbocycles. The third-order valence-corrected chi connectivity index (χ3v) is 5.25. The van der Waals surface area contributed by atoms with Crippen molar-refractivity contribution in [3.05, 3.63) is 103 Å². The summed E-state index contributed by atoms with van der Waals surface area (Å²) < 4.78 is 6.07. The van der Waals surface area contributed by atoms with Gasteiger partial charge in [-0.15, -0.1) is 10.2 Å². The smallest absolute Gasteiger partial charge is 0.227 e. The second kappa shape index (κ2) is 9.38. The van der Waals surface area contributed by atoms with E-state index < -0.39 is 0 Å². The third kappa shape index (κ3) is 4.68. The van der Waals surface area contributed by atoms with E-state index in [4.69, 9.17) is 10.5 Å². The predicted octanol–water partition coefficient (Wildman–Crippen LogP) is 6.03. The molecule has 0 radical (unpaired) electrons. The van der Waals surface area contributed by atoms with Crippen LogP contribution in [0.1, 0.15) is 5.56 Å². The molecule has 0 fully saturated rings. The molecule has 166 valence electrons. The molecule has 3 aromatic heterocycles. The van der Waals surface area contributed by atoms with Crippen molar-refractivity contribution >= 4 is 17.3 Å². The van der Waals surface area contributed by atoms with Crippen LogP contribution >= 0.6 is 0 Å². The van der Waals surface area contributed by atoms with Gasteiger partial charge >= 0.3 is 0 Å². The maximum Gasteiger partial charge on any atom is 0.227 e. The van der Waals surface area contributed by atoms with Crippen molar-refractivity contribution in [2.75, 3.05) is 11.1 Å². The summed E-state index contributed by atoms with van der Waals surface area (Å²) in [7, 11) is 0. The van der Waals surface area contributed by atoms with Gasteiger partial charge in [-0.3, -0.25) is 0 Å². The van der Waals surface area contributed by atoms with Crippen LogP contribution < -0.4 is 15.8 Å². The first kappa shape index (κ1) is 21.1. The molecule has 0 atom stereocenters. The fourth-order valence-corrected chi connectivity index (χ4v) is 3.52. The molecule has 0 aliphatic heterocycles. The highest BCUT2D eigenvalue weighted by atomic mass is 16.5. The molecular formula is C27H22N6O. The lowest BCUT2D eigenvalue weighted by Crippen LogP contribution is -2.00. The Morgan fingerprint density at radius 1 is 0.765 bits per heavy atom. The van der Waals surface area contributed by atoms with Gasteiger partial charge in [0.2, 0.25) is 5.88 Å². The average Bonchev–Trinajstić information content (AvgIpc) is 2.87. The molecule has 34 heavy (non-hydrogen) atoms. The lowest BCUT2D eigenvalue weighted by atomic mass is 10.1. The Kier molecular flexibility index (Phi) is 5.82. The molecule has 3 N–H and O–H groups in total. The summed E-state index contributed by atoms with van der Waals surface area (Å²) in [5, 5.41) is 12.1. The largest absolute Gasteiger partial charge is 0.438 e. The van der Waals surface area contributed by atoms with Gasteiger partial charge in [-0.2, -0.15) is 0 Å². The van der Waals surface area contributed by atoms with Crippen molar-refractivity contribution in [3.63, 3.8) is 0 Å². The van der Waals surface area contributed by atoms with E-state index in [1.807, 2.05) is 85.8 Å². The van der Waals surface area contributed by atoms with Gasteiger partial charge in [0.1, 0.15) is 11.6 Å². The Morgan fingerprint density at radius 3 is 2.35 bits per heavy atom. The minimum Gasteiger partial charge on any atom is -0.438 e. The summed E-state index contributed by atoms with van der Waals surface area (Å²) in [6.45, 7) is 2.01. The summed E-state index contributed by atoms with van der Waals surface area (Å²) in [5.41, 5.74) is 11.3. The summed E-state index contributed by atoms with van der Waals surface area (Å²) in [6, 6.07) is 27.1. The van der Waals surface area contributed by atoms with E-state index in [9.17, 15) is 0 Å². The number of nitrogens with zero attached hydrogens (tertiary/aromatic N) is 4. The molecular weight excluding hydrogens is 424 g/mol. The van der Waals surface area contributed by atoms with Crippen LogP contribution in [0, 0.1) is 6.92 Å². The van der Waals surface area contributed by atoms with Crippen LogP contribution in [0.5, 0.6) is 11.6 Å². The fraction of sp³-hybridized carbons (Fsp3) is 0.0370. The second-order valence-corrected chi connectivity index (χ2v) is 7.70. The summed E-state index contributed by atoms with van der Waals surface area (Å²) >= 11 is 0. The zero-order valence-electron chi connectivity index (χ0n) is 18.5. The molecule has 0 bridgehead atoms. The maximum atomic E-state index is 6.07. The Balaban J connectivity index is 1.32. The van der Waals surface area contributed by atoms with Gasteiger partial charge in [-0.1, -0.05) is 30.3 Å². The molecule has 5 aromatic rings. The van der Waals surface area contributed by atoms with E-state index in [2.05, 4.69) is 25.5 Å². The van der Waals surface area contributed by atoms with E-state index in [0.29, 0.717) is 23.3 Å². The number of nitrogens with two attached hydrogens (primary N) is 1. The van der Waals surface area contributed by atoms with E-state index in [-0.39, 0.29) is 0 Å². The van der Waals surface area contributed by atoms with Crippen molar-refractivity contribution in [3.8, 4) is 34.0 Å². The number of aromatic nitrogens is 4. The molecule has 0 aliphatic rings. The molecule has 0 amide bonds. The Morgan fingerprint density at radius 2 is 1.59 bits per heavy atom. The number of aryl methyl sites for hydroxylation is 1. The minimum atomic E-state index is 0.443.